The van der Waals surface area contributed by atoms with E-state index in [2.05, 4.69) is 18.0 Å². The van der Waals surface area contributed by atoms with Crippen molar-refractivity contribution in [2.24, 2.45) is 0 Å². The van der Waals surface area contributed by atoms with E-state index in [0.29, 0.717) is 0 Å². The predicted octanol–water partition coefficient (Wildman–Crippen LogP) is 1.84. The van der Waals surface area contributed by atoms with Crippen molar-refractivity contribution in [3.05, 3.63) is 12.7 Å². The molecule has 62 valence electrons. The maximum Gasteiger partial charge on any atom is 0.0924 e. The molecule has 0 fully saturated rings. The highest BCUT2D eigenvalue weighted by Gasteiger charge is 1.94. The van der Waals surface area contributed by atoms with E-state index in [1.54, 1.807) is 0 Å². The number of nitriles is 1. The van der Waals surface area contributed by atoms with Crippen LogP contribution in [0.3, 0.4) is 0 Å². The van der Waals surface area contributed by atoms with Gasteiger partial charge in [-0.25, -0.2) is 0 Å². The predicted molar refractivity (Wildman–Crippen MR) is 47.1 cm³/mol. The van der Waals surface area contributed by atoms with Gasteiger partial charge in [0.1, 0.15) is 0 Å². The average Bonchev–Trinajstić information content (AvgIpc) is 2.04. The van der Waals surface area contributed by atoms with E-state index < -0.39 is 0 Å². The normalized spacial score (nSPS) is 12.0. The summed E-state index contributed by atoms with van der Waals surface area (Å²) in [6, 6.07) is 2.11. The molecule has 0 heterocycles. The molecular formula is C9H16N2. The number of hydrogen-bond donors (Lipinski definition) is 1. The van der Waals surface area contributed by atoms with E-state index in [9.17, 15) is 0 Å². The molecule has 0 saturated carbocycles. The molecule has 0 aromatic heterocycles. The van der Waals surface area contributed by atoms with Crippen LogP contribution < -0.4 is 5.32 Å². The molecule has 11 heavy (non-hydrogen) atoms. The smallest absolute Gasteiger partial charge is 0.0924 e. The molecule has 0 spiro atoms. The van der Waals surface area contributed by atoms with Crippen LogP contribution in [0.1, 0.15) is 26.2 Å². The molecule has 0 saturated heterocycles. The summed E-state index contributed by atoms with van der Waals surface area (Å²) in [7, 11) is 0. The molecule has 0 aliphatic heterocycles. The van der Waals surface area contributed by atoms with Crippen LogP contribution in [0.4, 0.5) is 0 Å². The topological polar surface area (TPSA) is 35.8 Å². The summed E-state index contributed by atoms with van der Waals surface area (Å²) in [5.74, 6) is 0. The number of hydrogen-bond acceptors (Lipinski definition) is 2. The second-order valence-corrected chi connectivity index (χ2v) is 2.59. The molecule has 0 bridgehead atoms. The SMILES string of the molecule is C=CCCCCNC(C)C#N. The van der Waals surface area contributed by atoms with Crippen molar-refractivity contribution in [2.45, 2.75) is 32.2 Å². The van der Waals surface area contributed by atoms with Crippen molar-refractivity contribution in [3.63, 3.8) is 0 Å². The molecular weight excluding hydrogens is 136 g/mol. The fourth-order valence-electron chi connectivity index (χ4n) is 0.778. The van der Waals surface area contributed by atoms with Gasteiger partial charge in [0.2, 0.25) is 0 Å². The lowest BCUT2D eigenvalue weighted by atomic mass is 10.2. The molecule has 0 rings (SSSR count). The van der Waals surface area contributed by atoms with Crippen molar-refractivity contribution in [3.8, 4) is 6.07 Å². The Hall–Kier alpha value is -0.810. The zero-order valence-corrected chi connectivity index (χ0v) is 7.14. The third kappa shape index (κ3) is 7.08. The zero-order valence-electron chi connectivity index (χ0n) is 7.14. The summed E-state index contributed by atoms with van der Waals surface area (Å²) in [5, 5.41) is 11.5. The van der Waals surface area contributed by atoms with Gasteiger partial charge in [-0.1, -0.05) is 6.08 Å². The largest absolute Gasteiger partial charge is 0.302 e. The van der Waals surface area contributed by atoms with Gasteiger partial charge in [-0.15, -0.1) is 6.58 Å². The minimum atomic E-state index is -0.0151. The fraction of sp³-hybridized carbons (Fsp3) is 0.667. The molecule has 2 heteroatoms. The second-order valence-electron chi connectivity index (χ2n) is 2.59. The third-order valence-electron chi connectivity index (χ3n) is 1.48. The van der Waals surface area contributed by atoms with Crippen LogP contribution in [-0.2, 0) is 0 Å². The molecule has 2 nitrogen and oxygen atoms in total. The van der Waals surface area contributed by atoms with Gasteiger partial charge in [0.25, 0.3) is 0 Å². The van der Waals surface area contributed by atoms with E-state index in [-0.39, 0.29) is 6.04 Å². The first-order chi connectivity index (χ1) is 5.31. The molecule has 0 aliphatic rings. The lowest BCUT2D eigenvalue weighted by Crippen LogP contribution is -2.25. The molecule has 0 radical (unpaired) electrons. The van der Waals surface area contributed by atoms with Crippen molar-refractivity contribution in [1.82, 2.24) is 5.32 Å². The van der Waals surface area contributed by atoms with Crippen LogP contribution in [-0.4, -0.2) is 12.6 Å². The number of nitrogens with one attached hydrogen (secondary N) is 1. The highest BCUT2D eigenvalue weighted by atomic mass is 14.9. The summed E-state index contributed by atoms with van der Waals surface area (Å²) in [4.78, 5) is 0. The van der Waals surface area contributed by atoms with E-state index in [0.717, 1.165) is 25.8 Å². The summed E-state index contributed by atoms with van der Waals surface area (Å²) in [6.45, 7) is 6.44. The number of rotatable bonds is 6. The lowest BCUT2D eigenvalue weighted by Gasteiger charge is -2.03. The molecule has 1 N–H and O–H groups in total. The molecule has 0 aromatic carbocycles. The van der Waals surface area contributed by atoms with Gasteiger partial charge in [0.15, 0.2) is 0 Å². The summed E-state index contributed by atoms with van der Waals surface area (Å²) in [6.07, 6.45) is 5.28. The highest BCUT2D eigenvalue weighted by molar-refractivity contribution is 4.84. The quantitative estimate of drug-likeness (QED) is 0.465. The van der Waals surface area contributed by atoms with Crippen LogP contribution in [0.2, 0.25) is 0 Å². The van der Waals surface area contributed by atoms with Gasteiger partial charge in [0, 0.05) is 0 Å². The first kappa shape index (κ1) is 10.2. The van der Waals surface area contributed by atoms with Gasteiger partial charge >= 0.3 is 0 Å². The minimum Gasteiger partial charge on any atom is -0.302 e. The van der Waals surface area contributed by atoms with Gasteiger partial charge in [-0.2, -0.15) is 5.26 Å². The Morgan fingerprint density at radius 3 is 2.91 bits per heavy atom. The van der Waals surface area contributed by atoms with Crippen LogP contribution in [0.25, 0.3) is 0 Å². The van der Waals surface area contributed by atoms with Gasteiger partial charge in [-0.3, -0.25) is 0 Å². The Bertz CT molecular complexity index is 135. The average molecular weight is 152 g/mol. The molecule has 0 amide bonds. The monoisotopic (exact) mass is 152 g/mol. The summed E-state index contributed by atoms with van der Waals surface area (Å²) < 4.78 is 0. The first-order valence-electron chi connectivity index (χ1n) is 4.05. The van der Waals surface area contributed by atoms with Crippen molar-refractivity contribution in [1.29, 1.82) is 5.26 Å². The number of allylic oxidation sites excluding steroid dienone is 1. The standard InChI is InChI=1S/C9H16N2/c1-3-4-5-6-7-11-9(2)8-10/h3,9,11H,1,4-7H2,2H3. The minimum absolute atomic E-state index is 0.0151. The fourth-order valence-corrected chi connectivity index (χ4v) is 0.778. The molecule has 1 unspecified atom stereocenters. The van der Waals surface area contributed by atoms with Crippen LogP contribution in [0.5, 0.6) is 0 Å². The van der Waals surface area contributed by atoms with Crippen LogP contribution >= 0.6 is 0 Å². The van der Waals surface area contributed by atoms with E-state index >= 15 is 0 Å². The van der Waals surface area contributed by atoms with Gasteiger partial charge < -0.3 is 5.32 Å². The lowest BCUT2D eigenvalue weighted by molar-refractivity contribution is 0.597. The Labute approximate surface area is 68.9 Å². The third-order valence-corrected chi connectivity index (χ3v) is 1.48. The number of nitrogens with zero attached hydrogens (tertiary/aromatic N) is 1. The molecule has 0 aliphatic carbocycles. The van der Waals surface area contributed by atoms with E-state index in [1.165, 1.54) is 0 Å². The van der Waals surface area contributed by atoms with Crippen LogP contribution in [0.15, 0.2) is 12.7 Å². The Kier molecular flexibility index (Phi) is 6.76. The Balaban J connectivity index is 3.03. The Morgan fingerprint density at radius 2 is 2.36 bits per heavy atom. The van der Waals surface area contributed by atoms with E-state index in [1.807, 2.05) is 13.0 Å². The van der Waals surface area contributed by atoms with Gasteiger partial charge in [-0.05, 0) is 32.7 Å². The van der Waals surface area contributed by atoms with E-state index in [4.69, 9.17) is 5.26 Å². The van der Waals surface area contributed by atoms with Crippen molar-refractivity contribution < 1.29 is 0 Å². The first-order valence-corrected chi connectivity index (χ1v) is 4.05. The molecule has 1 atom stereocenters. The second kappa shape index (κ2) is 7.30. The molecule has 0 aromatic rings. The highest BCUT2D eigenvalue weighted by Crippen LogP contribution is 1.93. The Morgan fingerprint density at radius 1 is 1.64 bits per heavy atom. The van der Waals surface area contributed by atoms with Gasteiger partial charge in [0.05, 0.1) is 12.1 Å². The van der Waals surface area contributed by atoms with Crippen molar-refractivity contribution in [2.75, 3.05) is 6.54 Å². The van der Waals surface area contributed by atoms with Crippen LogP contribution in [0, 0.1) is 11.3 Å². The summed E-state index contributed by atoms with van der Waals surface area (Å²) >= 11 is 0. The zero-order chi connectivity index (χ0) is 8.53. The van der Waals surface area contributed by atoms with Crippen molar-refractivity contribution >= 4 is 0 Å². The number of unbranched alkanes of at least 4 members (excludes halogenated alkanes) is 2. The summed E-state index contributed by atoms with van der Waals surface area (Å²) in [5.41, 5.74) is 0. The maximum absolute atomic E-state index is 8.41. The maximum atomic E-state index is 8.41.